The lowest BCUT2D eigenvalue weighted by molar-refractivity contribution is -0.231. The molecule has 2 aromatic carbocycles. The van der Waals surface area contributed by atoms with Gasteiger partial charge in [-0.25, -0.2) is 4.79 Å². The SMILES string of the molecule is CC(=O)OC1C[C@H](OC(C)=O)[C@H](N(C)C(=O)OCC2c3ccccc3-c3ccccc32)[C@@H](C)O1. The van der Waals surface area contributed by atoms with Crippen LogP contribution in [0, 0.1) is 0 Å². The minimum Gasteiger partial charge on any atom is -0.460 e. The molecule has 34 heavy (non-hydrogen) atoms. The van der Waals surface area contributed by atoms with Crippen molar-refractivity contribution < 1.29 is 33.3 Å². The number of amides is 1. The van der Waals surface area contributed by atoms with Gasteiger partial charge in [0, 0.05) is 33.2 Å². The van der Waals surface area contributed by atoms with Gasteiger partial charge in [-0.3, -0.25) is 9.59 Å². The van der Waals surface area contributed by atoms with Crippen LogP contribution in [0.2, 0.25) is 0 Å². The second-order valence-corrected chi connectivity index (χ2v) is 8.67. The molecule has 1 aliphatic carbocycles. The first-order valence-electron chi connectivity index (χ1n) is 11.3. The Bertz CT molecular complexity index is 1040. The van der Waals surface area contributed by atoms with Crippen LogP contribution in [0.5, 0.6) is 0 Å². The van der Waals surface area contributed by atoms with Gasteiger partial charge in [0.25, 0.3) is 0 Å². The van der Waals surface area contributed by atoms with Crippen molar-refractivity contribution >= 4 is 18.0 Å². The van der Waals surface area contributed by atoms with Crippen LogP contribution in [0.3, 0.4) is 0 Å². The summed E-state index contributed by atoms with van der Waals surface area (Å²) in [6.45, 7) is 4.49. The van der Waals surface area contributed by atoms with E-state index in [9.17, 15) is 14.4 Å². The van der Waals surface area contributed by atoms with Gasteiger partial charge >= 0.3 is 18.0 Å². The number of hydrogen-bond donors (Lipinski definition) is 0. The molecule has 4 atom stereocenters. The van der Waals surface area contributed by atoms with Crippen molar-refractivity contribution in [1.82, 2.24) is 4.90 Å². The Labute approximate surface area is 198 Å². The lowest BCUT2D eigenvalue weighted by atomic mass is 9.97. The molecule has 0 N–H and O–H groups in total. The summed E-state index contributed by atoms with van der Waals surface area (Å²) >= 11 is 0. The topological polar surface area (TPSA) is 91.4 Å². The number of fused-ring (bicyclic) bond motifs is 3. The van der Waals surface area contributed by atoms with E-state index in [1.54, 1.807) is 14.0 Å². The average molecular weight is 468 g/mol. The van der Waals surface area contributed by atoms with Crippen LogP contribution in [-0.4, -0.2) is 61.1 Å². The maximum atomic E-state index is 13.1. The van der Waals surface area contributed by atoms with Gasteiger partial charge in [0.1, 0.15) is 12.7 Å². The minimum atomic E-state index is -0.857. The predicted octanol–water partition coefficient (Wildman–Crippen LogP) is 3.87. The van der Waals surface area contributed by atoms with Gasteiger partial charge in [0.2, 0.25) is 6.29 Å². The number of nitrogens with zero attached hydrogens (tertiary/aromatic N) is 1. The van der Waals surface area contributed by atoms with E-state index in [4.69, 9.17) is 18.9 Å². The van der Waals surface area contributed by atoms with Crippen LogP contribution in [-0.2, 0) is 28.5 Å². The second kappa shape index (κ2) is 9.85. The molecule has 8 nitrogen and oxygen atoms in total. The third-order valence-corrected chi connectivity index (χ3v) is 6.34. The first-order valence-corrected chi connectivity index (χ1v) is 11.3. The van der Waals surface area contributed by atoms with E-state index in [2.05, 4.69) is 24.3 Å². The highest BCUT2D eigenvalue weighted by Crippen LogP contribution is 2.44. The number of ether oxygens (including phenoxy) is 4. The minimum absolute atomic E-state index is 0.0672. The van der Waals surface area contributed by atoms with E-state index in [0.29, 0.717) is 0 Å². The highest BCUT2D eigenvalue weighted by molar-refractivity contribution is 5.79. The lowest BCUT2D eigenvalue weighted by Crippen LogP contribution is -2.58. The highest BCUT2D eigenvalue weighted by Gasteiger charge is 2.44. The molecule has 0 bridgehead atoms. The summed E-state index contributed by atoms with van der Waals surface area (Å²) in [4.78, 5) is 37.6. The summed E-state index contributed by atoms with van der Waals surface area (Å²) in [7, 11) is 1.59. The molecule has 1 fully saturated rings. The molecule has 1 heterocycles. The van der Waals surface area contributed by atoms with Crippen LogP contribution in [0.4, 0.5) is 4.79 Å². The standard InChI is InChI=1S/C26H29NO7/c1-15-25(23(33-16(2)28)13-24(32-15)34-17(3)29)27(4)26(30)31-14-22-20-11-7-5-9-18(20)19-10-6-8-12-21(19)22/h5-12,15,22-25H,13-14H2,1-4H3/t15-,23+,24?,25-/m1/s1. The average Bonchev–Trinajstić information content (AvgIpc) is 3.10. The molecule has 0 spiro atoms. The van der Waals surface area contributed by atoms with E-state index in [1.165, 1.54) is 18.7 Å². The Kier molecular flexibility index (Phi) is 6.88. The molecule has 1 aliphatic heterocycles. The van der Waals surface area contributed by atoms with E-state index in [0.717, 1.165) is 22.3 Å². The summed E-state index contributed by atoms with van der Waals surface area (Å²) in [5.74, 6) is -1.06. The molecule has 2 aliphatic rings. The summed E-state index contributed by atoms with van der Waals surface area (Å²) in [5.41, 5.74) is 4.53. The predicted molar refractivity (Wildman–Crippen MR) is 123 cm³/mol. The van der Waals surface area contributed by atoms with Crippen molar-refractivity contribution in [2.75, 3.05) is 13.7 Å². The van der Waals surface area contributed by atoms with E-state index in [1.807, 2.05) is 24.3 Å². The zero-order chi connectivity index (χ0) is 24.4. The third kappa shape index (κ3) is 4.77. The Morgan fingerprint density at radius 3 is 2.06 bits per heavy atom. The molecule has 0 radical (unpaired) electrons. The molecule has 1 saturated heterocycles. The maximum Gasteiger partial charge on any atom is 0.410 e. The summed E-state index contributed by atoms with van der Waals surface area (Å²) in [6.07, 6.45) is -2.56. The van der Waals surface area contributed by atoms with Crippen LogP contribution in [0.1, 0.15) is 44.2 Å². The molecule has 8 heteroatoms. The van der Waals surface area contributed by atoms with Crippen LogP contribution >= 0.6 is 0 Å². The van der Waals surface area contributed by atoms with E-state index < -0.39 is 42.6 Å². The lowest BCUT2D eigenvalue weighted by Gasteiger charge is -2.42. The number of likely N-dealkylation sites (N-methyl/N-ethyl adjacent to an activating group) is 1. The number of carbonyl (C=O) groups is 3. The summed E-state index contributed by atoms with van der Waals surface area (Å²) < 4.78 is 22.2. The van der Waals surface area contributed by atoms with Gasteiger partial charge in [-0.1, -0.05) is 48.5 Å². The Morgan fingerprint density at radius 2 is 1.50 bits per heavy atom. The van der Waals surface area contributed by atoms with E-state index in [-0.39, 0.29) is 18.9 Å². The van der Waals surface area contributed by atoms with Gasteiger partial charge in [0.05, 0.1) is 12.1 Å². The van der Waals surface area contributed by atoms with Crippen molar-refractivity contribution in [1.29, 1.82) is 0 Å². The third-order valence-electron chi connectivity index (χ3n) is 6.34. The summed E-state index contributed by atoms with van der Waals surface area (Å²) in [6, 6.07) is 15.6. The molecule has 1 unspecified atom stereocenters. The molecule has 0 aromatic heterocycles. The molecular formula is C26H29NO7. The van der Waals surface area contributed by atoms with Crippen molar-refractivity contribution in [2.45, 2.75) is 57.6 Å². The van der Waals surface area contributed by atoms with Crippen LogP contribution in [0.15, 0.2) is 48.5 Å². The number of hydrogen-bond acceptors (Lipinski definition) is 7. The van der Waals surface area contributed by atoms with Crippen molar-refractivity contribution in [3.63, 3.8) is 0 Å². The quantitative estimate of drug-likeness (QED) is 0.487. The van der Waals surface area contributed by atoms with Crippen LogP contribution < -0.4 is 0 Å². The Balaban J connectivity index is 1.47. The molecule has 4 rings (SSSR count). The van der Waals surface area contributed by atoms with E-state index >= 15 is 0 Å². The molecular weight excluding hydrogens is 438 g/mol. The zero-order valence-electron chi connectivity index (χ0n) is 19.7. The normalized spacial score (nSPS) is 23.4. The van der Waals surface area contributed by atoms with Crippen molar-refractivity contribution in [3.05, 3.63) is 59.7 Å². The fourth-order valence-corrected chi connectivity index (χ4v) is 4.98. The largest absolute Gasteiger partial charge is 0.460 e. The first-order chi connectivity index (χ1) is 16.3. The Morgan fingerprint density at radius 1 is 0.941 bits per heavy atom. The number of benzene rings is 2. The van der Waals surface area contributed by atoms with Crippen LogP contribution in [0.25, 0.3) is 11.1 Å². The molecule has 180 valence electrons. The maximum absolute atomic E-state index is 13.1. The van der Waals surface area contributed by atoms with Gasteiger partial charge in [-0.2, -0.15) is 0 Å². The van der Waals surface area contributed by atoms with Crippen molar-refractivity contribution in [3.8, 4) is 11.1 Å². The van der Waals surface area contributed by atoms with Gasteiger partial charge in [-0.15, -0.1) is 0 Å². The second-order valence-electron chi connectivity index (χ2n) is 8.67. The van der Waals surface area contributed by atoms with Crippen molar-refractivity contribution in [2.24, 2.45) is 0 Å². The fourth-order valence-electron chi connectivity index (χ4n) is 4.98. The molecule has 2 aromatic rings. The van der Waals surface area contributed by atoms with Gasteiger partial charge in [-0.05, 0) is 29.2 Å². The first kappa shape index (κ1) is 23.8. The van der Waals surface area contributed by atoms with Gasteiger partial charge in [0.15, 0.2) is 0 Å². The zero-order valence-corrected chi connectivity index (χ0v) is 19.7. The number of esters is 2. The Hall–Kier alpha value is -3.39. The molecule has 0 saturated carbocycles. The number of rotatable bonds is 5. The molecule has 1 amide bonds. The summed E-state index contributed by atoms with van der Waals surface area (Å²) in [5, 5.41) is 0. The van der Waals surface area contributed by atoms with Gasteiger partial charge < -0.3 is 23.8 Å². The fraction of sp³-hybridized carbons (Fsp3) is 0.423. The smallest absolute Gasteiger partial charge is 0.410 e. The monoisotopic (exact) mass is 467 g/mol. The highest BCUT2D eigenvalue weighted by atomic mass is 16.7. The number of carbonyl (C=O) groups excluding carboxylic acids is 3.